The van der Waals surface area contributed by atoms with E-state index < -0.39 is 5.41 Å². The van der Waals surface area contributed by atoms with E-state index in [9.17, 15) is 4.79 Å². The van der Waals surface area contributed by atoms with Gasteiger partial charge in [-0.05, 0) is 38.2 Å². The third-order valence-electron chi connectivity index (χ3n) is 3.54. The van der Waals surface area contributed by atoms with Gasteiger partial charge in [0.1, 0.15) is 17.7 Å². The van der Waals surface area contributed by atoms with Gasteiger partial charge in [-0.15, -0.1) is 6.58 Å². The molecule has 19 heavy (non-hydrogen) atoms. The van der Waals surface area contributed by atoms with Crippen molar-refractivity contribution in [1.82, 2.24) is 0 Å². The van der Waals surface area contributed by atoms with Gasteiger partial charge in [-0.25, -0.2) is 0 Å². The summed E-state index contributed by atoms with van der Waals surface area (Å²) in [5.41, 5.74) is -0.187. The zero-order chi connectivity index (χ0) is 14.3. The molecule has 1 rings (SSSR count). The standard InChI is InChI=1S/C15H18N2O2/c1-3-8-15(14(18)19-4-2)9-6-5-7-13(15)12(10-16)11-17/h3H,1,4-9H2,2H3. The zero-order valence-electron chi connectivity index (χ0n) is 11.2. The second-order valence-electron chi connectivity index (χ2n) is 4.58. The highest BCUT2D eigenvalue weighted by Crippen LogP contribution is 2.46. The Bertz CT molecular complexity index is 463. The molecule has 0 bridgehead atoms. The molecule has 0 heterocycles. The Morgan fingerprint density at radius 3 is 2.68 bits per heavy atom. The number of carbonyl (C=O) groups excluding carboxylic acids is 1. The molecule has 0 amide bonds. The summed E-state index contributed by atoms with van der Waals surface area (Å²) in [5, 5.41) is 18.2. The average Bonchev–Trinajstić information content (AvgIpc) is 2.42. The molecule has 0 aromatic rings. The van der Waals surface area contributed by atoms with Crippen molar-refractivity contribution in [2.75, 3.05) is 6.61 Å². The van der Waals surface area contributed by atoms with E-state index in [0.717, 1.165) is 12.8 Å². The van der Waals surface area contributed by atoms with Gasteiger partial charge >= 0.3 is 5.97 Å². The van der Waals surface area contributed by atoms with Gasteiger partial charge in [0.2, 0.25) is 0 Å². The second-order valence-corrected chi connectivity index (χ2v) is 4.58. The lowest BCUT2D eigenvalue weighted by molar-refractivity contribution is -0.154. The third-order valence-corrected chi connectivity index (χ3v) is 3.54. The number of ether oxygens (including phenoxy) is 1. The molecule has 100 valence electrons. The first-order chi connectivity index (χ1) is 9.16. The molecule has 4 nitrogen and oxygen atoms in total. The Morgan fingerprint density at radius 1 is 1.47 bits per heavy atom. The Kier molecular flexibility index (Phi) is 5.33. The van der Waals surface area contributed by atoms with Gasteiger partial charge in [-0.2, -0.15) is 10.5 Å². The topological polar surface area (TPSA) is 73.9 Å². The van der Waals surface area contributed by atoms with Crippen LogP contribution in [-0.4, -0.2) is 12.6 Å². The van der Waals surface area contributed by atoms with E-state index in [4.69, 9.17) is 15.3 Å². The third kappa shape index (κ3) is 2.85. The van der Waals surface area contributed by atoms with Crippen LogP contribution in [0.15, 0.2) is 23.8 Å². The van der Waals surface area contributed by atoms with Crippen LogP contribution >= 0.6 is 0 Å². The van der Waals surface area contributed by atoms with Crippen LogP contribution in [-0.2, 0) is 9.53 Å². The summed E-state index contributed by atoms with van der Waals surface area (Å²) < 4.78 is 5.17. The smallest absolute Gasteiger partial charge is 0.316 e. The first-order valence-electron chi connectivity index (χ1n) is 6.48. The van der Waals surface area contributed by atoms with Gasteiger partial charge in [0.25, 0.3) is 0 Å². The fraction of sp³-hybridized carbons (Fsp3) is 0.533. The molecule has 1 unspecified atom stereocenters. The van der Waals surface area contributed by atoms with Crippen molar-refractivity contribution in [1.29, 1.82) is 10.5 Å². The maximum Gasteiger partial charge on any atom is 0.316 e. The number of carbonyl (C=O) groups is 1. The SMILES string of the molecule is C=CCC1(C(=O)OCC)CCCCC1=C(C#N)C#N. The molecule has 0 spiro atoms. The van der Waals surface area contributed by atoms with E-state index in [2.05, 4.69) is 6.58 Å². The maximum atomic E-state index is 12.3. The zero-order valence-corrected chi connectivity index (χ0v) is 11.2. The Morgan fingerprint density at radius 2 is 2.16 bits per heavy atom. The van der Waals surface area contributed by atoms with Crippen LogP contribution in [0.4, 0.5) is 0 Å². The summed E-state index contributed by atoms with van der Waals surface area (Å²) >= 11 is 0. The van der Waals surface area contributed by atoms with E-state index >= 15 is 0 Å². The van der Waals surface area contributed by atoms with Crippen LogP contribution in [0.5, 0.6) is 0 Å². The summed E-state index contributed by atoms with van der Waals surface area (Å²) in [6.07, 6.45) is 5.06. The second kappa shape index (κ2) is 6.75. The molecule has 1 aliphatic rings. The predicted octanol–water partition coefficient (Wildman–Crippen LogP) is 3.03. The maximum absolute atomic E-state index is 12.3. The first-order valence-corrected chi connectivity index (χ1v) is 6.48. The summed E-state index contributed by atoms with van der Waals surface area (Å²) in [5.74, 6) is -0.340. The van der Waals surface area contributed by atoms with Crippen molar-refractivity contribution in [2.45, 2.75) is 39.0 Å². The van der Waals surface area contributed by atoms with Crippen LogP contribution in [0.3, 0.4) is 0 Å². The molecule has 1 aliphatic carbocycles. The number of hydrogen-bond donors (Lipinski definition) is 0. The molecule has 1 fully saturated rings. The molecule has 0 aliphatic heterocycles. The number of rotatable bonds is 4. The normalized spacial score (nSPS) is 21.9. The molecule has 0 aromatic carbocycles. The van der Waals surface area contributed by atoms with Gasteiger partial charge in [-0.1, -0.05) is 12.5 Å². The predicted molar refractivity (Wildman–Crippen MR) is 70.6 cm³/mol. The molecule has 0 N–H and O–H groups in total. The van der Waals surface area contributed by atoms with Crippen molar-refractivity contribution >= 4 is 5.97 Å². The Hall–Kier alpha value is -2.07. The minimum Gasteiger partial charge on any atom is -0.465 e. The van der Waals surface area contributed by atoms with Gasteiger partial charge in [0.15, 0.2) is 0 Å². The molecule has 1 atom stereocenters. The molecule has 0 aromatic heterocycles. The quantitative estimate of drug-likeness (QED) is 0.441. The summed E-state index contributed by atoms with van der Waals surface area (Å²) in [7, 11) is 0. The van der Waals surface area contributed by atoms with Gasteiger partial charge < -0.3 is 4.74 Å². The lowest BCUT2D eigenvalue weighted by Crippen LogP contribution is -2.37. The van der Waals surface area contributed by atoms with Crippen molar-refractivity contribution in [3.8, 4) is 12.1 Å². The lowest BCUT2D eigenvalue weighted by Gasteiger charge is -2.36. The molecular weight excluding hydrogens is 240 g/mol. The number of nitrogens with zero attached hydrogens (tertiary/aromatic N) is 2. The van der Waals surface area contributed by atoms with Gasteiger partial charge in [0, 0.05) is 0 Å². The molecule has 0 saturated heterocycles. The van der Waals surface area contributed by atoms with Crippen LogP contribution < -0.4 is 0 Å². The molecule has 0 radical (unpaired) electrons. The van der Waals surface area contributed by atoms with Gasteiger partial charge in [0.05, 0.1) is 12.0 Å². The largest absolute Gasteiger partial charge is 0.465 e. The fourth-order valence-electron chi connectivity index (χ4n) is 2.69. The van der Waals surface area contributed by atoms with Crippen LogP contribution in [0.2, 0.25) is 0 Å². The van der Waals surface area contributed by atoms with Crippen molar-refractivity contribution in [3.05, 3.63) is 23.8 Å². The van der Waals surface area contributed by atoms with E-state index in [-0.39, 0.29) is 11.5 Å². The highest BCUT2D eigenvalue weighted by atomic mass is 16.5. The summed E-state index contributed by atoms with van der Waals surface area (Å²) in [6.45, 7) is 5.73. The molecule has 4 heteroatoms. The van der Waals surface area contributed by atoms with E-state index in [1.807, 2.05) is 12.1 Å². The summed E-state index contributed by atoms with van der Waals surface area (Å²) in [6, 6.07) is 3.82. The summed E-state index contributed by atoms with van der Waals surface area (Å²) in [4.78, 5) is 12.3. The first kappa shape index (κ1) is 15.0. The highest BCUT2D eigenvalue weighted by molar-refractivity contribution is 5.82. The molecule has 1 saturated carbocycles. The van der Waals surface area contributed by atoms with E-state index in [1.165, 1.54) is 0 Å². The van der Waals surface area contributed by atoms with Gasteiger partial charge in [-0.3, -0.25) is 4.79 Å². The number of esters is 1. The molecular formula is C15H18N2O2. The Labute approximate surface area is 114 Å². The average molecular weight is 258 g/mol. The van der Waals surface area contributed by atoms with E-state index in [0.29, 0.717) is 31.4 Å². The van der Waals surface area contributed by atoms with Crippen LogP contribution in [0.1, 0.15) is 39.0 Å². The fourth-order valence-corrected chi connectivity index (χ4v) is 2.69. The number of nitriles is 2. The highest BCUT2D eigenvalue weighted by Gasteiger charge is 2.45. The minimum absolute atomic E-state index is 0.0506. The van der Waals surface area contributed by atoms with Crippen molar-refractivity contribution in [2.24, 2.45) is 5.41 Å². The monoisotopic (exact) mass is 258 g/mol. The van der Waals surface area contributed by atoms with E-state index in [1.54, 1.807) is 13.0 Å². The van der Waals surface area contributed by atoms with Crippen LogP contribution in [0, 0.1) is 28.1 Å². The minimum atomic E-state index is -0.864. The van der Waals surface area contributed by atoms with Crippen molar-refractivity contribution < 1.29 is 9.53 Å². The number of hydrogen-bond acceptors (Lipinski definition) is 4. The Balaban J connectivity index is 3.36. The number of allylic oxidation sites excluding steroid dienone is 2. The van der Waals surface area contributed by atoms with Crippen LogP contribution in [0.25, 0.3) is 0 Å². The lowest BCUT2D eigenvalue weighted by atomic mass is 9.66. The van der Waals surface area contributed by atoms with Crippen molar-refractivity contribution in [3.63, 3.8) is 0 Å².